The Labute approximate surface area is 482 Å². The topological polar surface area (TPSA) is 114 Å². The first-order valence-corrected chi connectivity index (χ1v) is 37.5. The molecule has 0 saturated carbocycles. The van der Waals surface area contributed by atoms with Gasteiger partial charge in [-0.15, -0.1) is 0 Å². The number of methoxy groups -OCH3 is 2. The van der Waals surface area contributed by atoms with Crippen LogP contribution in [0.25, 0.3) is 11.1 Å². The Kier molecular flexibility index (Phi) is 42.4. The second kappa shape index (κ2) is 41.9. The molecule has 0 unspecified atom stereocenters. The molecule has 0 aliphatic heterocycles. The number of amides is 2. The van der Waals surface area contributed by atoms with Crippen molar-refractivity contribution in [2.75, 3.05) is 51.3 Å². The molecule has 0 aliphatic rings. The SMILES string of the molecule is CCOc1cc(NC(=O)c2ccccc2)c(OCC)cc1C.CCOc1cc(NC(=O)c2ccccc2)c(OCC)cc1C.COc1cc(-c2ccc(C)c(OC)c2)ccc1C.[Cl-].[Cl-].[Cl-].[Cl-].[Cl][Zn][Cl].[Cl][Zn][Cl]. The second-order valence-electron chi connectivity index (χ2n) is 14.2. The predicted octanol–water partition coefficient (Wildman–Crippen LogP) is 2.85. The van der Waals surface area contributed by atoms with E-state index in [0.29, 0.717) is 60.4 Å². The number of carbonyl (C=O) groups excluding carboxylic acids is 2. The third-order valence-electron chi connectivity index (χ3n) is 9.47. The normalized spacial score (nSPS) is 9.03. The van der Waals surface area contributed by atoms with E-state index in [2.05, 4.69) is 47.0 Å². The van der Waals surface area contributed by atoms with Crippen LogP contribution in [0.3, 0.4) is 0 Å². The summed E-state index contributed by atoms with van der Waals surface area (Å²) in [6, 6.07) is 38.0. The van der Waals surface area contributed by atoms with E-state index in [4.69, 9.17) is 67.2 Å². The van der Waals surface area contributed by atoms with E-state index in [-0.39, 0.29) is 61.4 Å². The fourth-order valence-corrected chi connectivity index (χ4v) is 6.26. The van der Waals surface area contributed by atoms with E-state index >= 15 is 0 Å². The molecule has 6 aromatic rings. The number of rotatable bonds is 15. The van der Waals surface area contributed by atoms with Gasteiger partial charge >= 0.3 is 69.1 Å². The van der Waals surface area contributed by atoms with E-state index in [1.165, 1.54) is 0 Å². The molecule has 6 aromatic carbocycles. The van der Waals surface area contributed by atoms with Gasteiger partial charge in [-0.3, -0.25) is 9.59 Å². The molecule has 2 amide bonds. The molecule has 0 aromatic heterocycles. The number of benzene rings is 6. The fourth-order valence-electron chi connectivity index (χ4n) is 6.26. The first-order chi connectivity index (χ1) is 32.8. The average molecular weight is 1260 g/mol. The Bertz CT molecular complexity index is 2280. The monoisotopic (exact) mass is 1250 g/mol. The molecule has 6 rings (SSSR count). The summed E-state index contributed by atoms with van der Waals surface area (Å²) >= 11 is -1.86. The Hall–Kier alpha value is -3.37. The van der Waals surface area contributed by atoms with Crippen molar-refractivity contribution in [3.05, 3.63) is 155 Å². The summed E-state index contributed by atoms with van der Waals surface area (Å²) in [6.45, 7) is 17.9. The predicted molar refractivity (Wildman–Crippen MR) is 274 cm³/mol. The summed E-state index contributed by atoms with van der Waals surface area (Å²) in [7, 11) is 23.2. The van der Waals surface area contributed by atoms with Gasteiger partial charge in [-0.05, 0) is 137 Å². The Morgan fingerprint density at radius 2 is 0.708 bits per heavy atom. The van der Waals surface area contributed by atoms with Crippen LogP contribution < -0.4 is 88.7 Å². The van der Waals surface area contributed by atoms with Gasteiger partial charge in [0.25, 0.3) is 11.8 Å². The van der Waals surface area contributed by atoms with Crippen molar-refractivity contribution < 1.29 is 118 Å². The summed E-state index contributed by atoms with van der Waals surface area (Å²) in [5, 5.41) is 5.79. The zero-order valence-electron chi connectivity index (χ0n) is 42.1. The minimum absolute atomic E-state index is 0. The van der Waals surface area contributed by atoms with Crippen LogP contribution in [-0.4, -0.2) is 52.5 Å². The van der Waals surface area contributed by atoms with E-state index in [1.54, 1.807) is 38.5 Å². The molecule has 0 radical (unpaired) electrons. The van der Waals surface area contributed by atoms with Crippen molar-refractivity contribution in [1.82, 2.24) is 0 Å². The zero-order chi connectivity index (χ0) is 50.4. The van der Waals surface area contributed by atoms with Crippen molar-refractivity contribution in [2.45, 2.75) is 55.4 Å². The van der Waals surface area contributed by atoms with Crippen molar-refractivity contribution in [1.29, 1.82) is 0 Å². The number of nitrogens with one attached hydrogen (secondary N) is 2. The molecule has 10 nitrogen and oxygen atoms in total. The van der Waals surface area contributed by atoms with E-state index in [9.17, 15) is 9.59 Å². The standard InChI is InChI=1S/2C18H21NO3.C16H18O2.8ClH.2Zn/c2*1-4-21-16-12-15(17(22-5-2)11-13(16)3)19-18(20)14-9-7-6-8-10-14;1-11-5-7-13(9-15(11)17-3)14-8-6-12(2)16(10-14)18-4;;;;;;;;;;/h2*6-12H,4-5H2,1-3H3,(H,19,20);5-10H,1-4H3;8*1H;;/q;;;;;;;;;;;2*+2/p-8. The first-order valence-electron chi connectivity index (χ1n) is 21.9. The molecule has 0 aliphatic carbocycles. The van der Waals surface area contributed by atoms with E-state index < -0.39 is 30.3 Å². The van der Waals surface area contributed by atoms with Crippen LogP contribution in [0.5, 0.6) is 34.5 Å². The van der Waals surface area contributed by atoms with Crippen LogP contribution in [0.4, 0.5) is 11.4 Å². The van der Waals surface area contributed by atoms with Gasteiger partial charge in [0.2, 0.25) is 0 Å². The third kappa shape index (κ3) is 25.2. The Balaban J connectivity index is -0.000000918. The molecule has 0 bridgehead atoms. The van der Waals surface area contributed by atoms with Gasteiger partial charge in [-0.2, -0.15) is 0 Å². The quantitative estimate of drug-likeness (QED) is 0.151. The fraction of sp³-hybridized carbons (Fsp3) is 0.269. The van der Waals surface area contributed by atoms with Crippen LogP contribution in [0.1, 0.15) is 70.7 Å². The van der Waals surface area contributed by atoms with Crippen LogP contribution in [-0.2, 0) is 30.3 Å². The molecule has 0 fully saturated rings. The number of aryl methyl sites for hydroxylation is 4. The molecule has 72 heavy (non-hydrogen) atoms. The maximum atomic E-state index is 12.3. The van der Waals surface area contributed by atoms with Crippen molar-refractivity contribution >= 4 is 62.0 Å². The molecule has 390 valence electrons. The summed E-state index contributed by atoms with van der Waals surface area (Å²) in [4.78, 5) is 24.6. The minimum atomic E-state index is -0.931. The Morgan fingerprint density at radius 3 is 0.986 bits per heavy atom. The third-order valence-corrected chi connectivity index (χ3v) is 9.47. The van der Waals surface area contributed by atoms with Gasteiger partial charge in [-0.25, -0.2) is 0 Å². The van der Waals surface area contributed by atoms with Gasteiger partial charge in [-0.1, -0.05) is 60.7 Å². The van der Waals surface area contributed by atoms with Gasteiger partial charge in [0.05, 0.1) is 52.0 Å². The van der Waals surface area contributed by atoms with Crippen molar-refractivity contribution in [2.24, 2.45) is 0 Å². The van der Waals surface area contributed by atoms with Crippen LogP contribution in [0.2, 0.25) is 0 Å². The van der Waals surface area contributed by atoms with Crippen LogP contribution in [0, 0.1) is 27.7 Å². The van der Waals surface area contributed by atoms with Gasteiger partial charge in [0.15, 0.2) is 0 Å². The number of carbonyl (C=O) groups is 2. The summed E-state index contributed by atoms with van der Waals surface area (Å²) in [5.74, 6) is 4.25. The van der Waals surface area contributed by atoms with Crippen LogP contribution in [0.15, 0.2) is 121 Å². The summed E-state index contributed by atoms with van der Waals surface area (Å²) < 4.78 is 33.1. The number of hydrogen-bond acceptors (Lipinski definition) is 8. The zero-order valence-corrected chi connectivity index (χ0v) is 54.1. The van der Waals surface area contributed by atoms with Gasteiger partial charge in [0.1, 0.15) is 34.5 Å². The van der Waals surface area contributed by atoms with Gasteiger partial charge < -0.3 is 88.7 Å². The van der Waals surface area contributed by atoms with Gasteiger partial charge in [0, 0.05) is 23.3 Å². The molecule has 0 heterocycles. The molecular formula is C52H60Cl8N2O8Zn2-4. The average Bonchev–Trinajstić information content (AvgIpc) is 3.34. The summed E-state index contributed by atoms with van der Waals surface area (Å²) in [6.07, 6.45) is 0. The van der Waals surface area contributed by atoms with Crippen molar-refractivity contribution in [3.8, 4) is 45.6 Å². The molecule has 0 spiro atoms. The second-order valence-corrected chi connectivity index (χ2v) is 23.4. The van der Waals surface area contributed by atoms with E-state index in [1.807, 2.05) is 116 Å². The number of hydrogen-bond donors (Lipinski definition) is 2. The molecule has 0 atom stereocenters. The number of halogens is 8. The number of anilines is 2. The molecule has 0 saturated heterocycles. The maximum absolute atomic E-state index is 12.3. The van der Waals surface area contributed by atoms with E-state index in [0.717, 1.165) is 56.4 Å². The molecule has 20 heteroatoms. The molecule has 2 N–H and O–H groups in total. The Morgan fingerprint density at radius 1 is 0.417 bits per heavy atom. The first kappa shape index (κ1) is 72.9. The van der Waals surface area contributed by atoms with Crippen molar-refractivity contribution in [3.63, 3.8) is 0 Å². The van der Waals surface area contributed by atoms with Crippen LogP contribution >= 0.6 is 38.8 Å². The number of ether oxygens (including phenoxy) is 6. The summed E-state index contributed by atoms with van der Waals surface area (Å²) in [5.41, 5.74) is 8.93. The molecular weight excluding hydrogens is 1190 g/mol.